The highest BCUT2D eigenvalue weighted by Gasteiger charge is 2.56. The molecule has 1 atom stereocenters. The Hall–Kier alpha value is -2.37. The van der Waals surface area contributed by atoms with Crippen LogP contribution in [0.2, 0.25) is 0 Å². The number of Topliss-reactive ketones (excluding diaryl/α,β-unsaturated/α-hetero) is 1. The number of amides is 3. The lowest BCUT2D eigenvalue weighted by atomic mass is 9.96. The van der Waals surface area contributed by atoms with Crippen LogP contribution in [0, 0.1) is 19.8 Å². The van der Waals surface area contributed by atoms with Gasteiger partial charge in [-0.1, -0.05) is 6.08 Å². The number of nitrogens with zero attached hydrogens (tertiary/aromatic N) is 2. The van der Waals surface area contributed by atoms with Crippen LogP contribution in [-0.2, 0) is 11.3 Å². The zero-order chi connectivity index (χ0) is 17.6. The fourth-order valence-corrected chi connectivity index (χ4v) is 3.52. The smallest absolute Gasteiger partial charge is 0.325 e. The monoisotopic (exact) mass is 329 g/mol. The Morgan fingerprint density at radius 1 is 1.42 bits per heavy atom. The molecule has 1 aromatic rings. The van der Waals surface area contributed by atoms with E-state index in [9.17, 15) is 14.4 Å². The summed E-state index contributed by atoms with van der Waals surface area (Å²) in [4.78, 5) is 38.5. The van der Waals surface area contributed by atoms with Crippen LogP contribution in [0.1, 0.15) is 41.5 Å². The van der Waals surface area contributed by atoms with Gasteiger partial charge in [0, 0.05) is 23.5 Å². The highest BCUT2D eigenvalue weighted by Crippen LogP contribution is 2.42. The number of hydrogen-bond acceptors (Lipinski definition) is 3. The molecular weight excluding hydrogens is 306 g/mol. The lowest BCUT2D eigenvalue weighted by molar-refractivity contribution is -0.131. The maximum absolute atomic E-state index is 12.7. The van der Waals surface area contributed by atoms with Gasteiger partial charge in [-0.2, -0.15) is 0 Å². The number of urea groups is 1. The van der Waals surface area contributed by atoms with Crippen molar-refractivity contribution in [1.82, 2.24) is 14.8 Å². The molecule has 2 aliphatic rings. The van der Waals surface area contributed by atoms with E-state index in [2.05, 4.69) is 11.9 Å². The van der Waals surface area contributed by atoms with Gasteiger partial charge in [-0.05, 0) is 45.6 Å². The number of rotatable bonds is 6. The van der Waals surface area contributed by atoms with E-state index in [0.29, 0.717) is 12.1 Å². The largest absolute Gasteiger partial charge is 0.345 e. The third kappa shape index (κ3) is 2.46. The van der Waals surface area contributed by atoms with Crippen molar-refractivity contribution in [3.05, 3.63) is 35.7 Å². The van der Waals surface area contributed by atoms with E-state index in [1.807, 2.05) is 18.4 Å². The number of allylic oxidation sites excluding steroid dienone is 1. The minimum atomic E-state index is -0.850. The first-order valence-corrected chi connectivity index (χ1v) is 8.24. The third-order valence-electron chi connectivity index (χ3n) is 5.18. The topological polar surface area (TPSA) is 71.4 Å². The number of imide groups is 1. The lowest BCUT2D eigenvalue weighted by Gasteiger charge is -2.20. The van der Waals surface area contributed by atoms with E-state index < -0.39 is 11.6 Å². The summed E-state index contributed by atoms with van der Waals surface area (Å²) in [5.74, 6) is -0.322. The van der Waals surface area contributed by atoms with Crippen molar-refractivity contribution in [2.45, 2.75) is 45.7 Å². The minimum Gasteiger partial charge on any atom is -0.345 e. The second-order valence-electron chi connectivity index (χ2n) is 6.91. The molecule has 1 saturated carbocycles. The van der Waals surface area contributed by atoms with Gasteiger partial charge in [0.1, 0.15) is 5.54 Å². The van der Waals surface area contributed by atoms with Crippen LogP contribution in [0.3, 0.4) is 0 Å². The first-order valence-electron chi connectivity index (χ1n) is 8.24. The van der Waals surface area contributed by atoms with Crippen LogP contribution >= 0.6 is 0 Å². The van der Waals surface area contributed by atoms with Crippen molar-refractivity contribution >= 4 is 17.7 Å². The highest BCUT2D eigenvalue weighted by atomic mass is 16.2. The van der Waals surface area contributed by atoms with Gasteiger partial charge in [0.25, 0.3) is 5.91 Å². The Labute approximate surface area is 141 Å². The Morgan fingerprint density at radius 3 is 2.67 bits per heavy atom. The van der Waals surface area contributed by atoms with Gasteiger partial charge in [0.05, 0.1) is 6.54 Å². The molecule has 0 bridgehead atoms. The van der Waals surface area contributed by atoms with Gasteiger partial charge in [-0.25, -0.2) is 4.79 Å². The summed E-state index contributed by atoms with van der Waals surface area (Å²) in [7, 11) is 0. The molecule has 1 N–H and O–H groups in total. The molecule has 6 heteroatoms. The summed E-state index contributed by atoms with van der Waals surface area (Å²) in [6, 6.07) is 1.34. The van der Waals surface area contributed by atoms with E-state index in [0.717, 1.165) is 29.1 Å². The summed E-state index contributed by atoms with van der Waals surface area (Å²) >= 11 is 0. The van der Waals surface area contributed by atoms with Gasteiger partial charge >= 0.3 is 6.03 Å². The van der Waals surface area contributed by atoms with Crippen molar-refractivity contribution in [3.63, 3.8) is 0 Å². The molecule has 0 spiro atoms. The zero-order valence-corrected chi connectivity index (χ0v) is 14.4. The molecule has 1 saturated heterocycles. The zero-order valence-electron chi connectivity index (χ0n) is 14.4. The molecule has 2 heterocycles. The first kappa shape index (κ1) is 16.5. The summed E-state index contributed by atoms with van der Waals surface area (Å²) in [5, 5.41) is 2.77. The van der Waals surface area contributed by atoms with Crippen LogP contribution in [0.25, 0.3) is 0 Å². The van der Waals surface area contributed by atoms with E-state index in [4.69, 9.17) is 0 Å². The maximum atomic E-state index is 12.7. The van der Waals surface area contributed by atoms with E-state index in [1.54, 1.807) is 19.1 Å². The molecule has 2 fully saturated rings. The summed E-state index contributed by atoms with van der Waals surface area (Å²) in [5.41, 5.74) is 1.48. The fourth-order valence-electron chi connectivity index (χ4n) is 3.52. The molecule has 1 aliphatic heterocycles. The van der Waals surface area contributed by atoms with Crippen molar-refractivity contribution in [1.29, 1.82) is 0 Å². The van der Waals surface area contributed by atoms with Crippen LogP contribution in [-0.4, -0.2) is 39.3 Å². The van der Waals surface area contributed by atoms with Gasteiger partial charge in [-0.3, -0.25) is 14.5 Å². The van der Waals surface area contributed by atoms with E-state index in [-0.39, 0.29) is 24.2 Å². The molecule has 0 unspecified atom stereocenters. The van der Waals surface area contributed by atoms with Crippen molar-refractivity contribution in [2.24, 2.45) is 5.92 Å². The standard InChI is InChI=1S/C18H23N3O3/c1-5-8-20-11(2)9-14(12(20)3)15(22)10-21-16(23)18(4,13-6-7-13)19-17(21)24/h5,9,13H,1,6-8,10H2,2-4H3,(H,19,24)/t18-/m0/s1. The van der Waals surface area contributed by atoms with Crippen molar-refractivity contribution in [2.75, 3.05) is 6.54 Å². The average molecular weight is 329 g/mol. The highest BCUT2D eigenvalue weighted by molar-refractivity contribution is 6.11. The molecule has 6 nitrogen and oxygen atoms in total. The number of ketones is 1. The van der Waals surface area contributed by atoms with Crippen LogP contribution in [0.15, 0.2) is 18.7 Å². The number of nitrogens with one attached hydrogen (secondary N) is 1. The van der Waals surface area contributed by atoms with Gasteiger partial charge in [0.2, 0.25) is 0 Å². The molecule has 3 rings (SSSR count). The Morgan fingerprint density at radius 2 is 2.08 bits per heavy atom. The molecule has 1 aliphatic carbocycles. The molecule has 0 radical (unpaired) electrons. The maximum Gasteiger partial charge on any atom is 0.325 e. The average Bonchev–Trinajstić information content (AvgIpc) is 3.31. The Kier molecular flexibility index (Phi) is 3.86. The fraction of sp³-hybridized carbons (Fsp3) is 0.500. The van der Waals surface area contributed by atoms with E-state index in [1.165, 1.54) is 0 Å². The van der Waals surface area contributed by atoms with Gasteiger partial charge in [-0.15, -0.1) is 6.58 Å². The number of carbonyl (C=O) groups is 3. The van der Waals surface area contributed by atoms with Crippen molar-refractivity contribution < 1.29 is 14.4 Å². The Balaban J connectivity index is 1.80. The molecule has 0 aromatic carbocycles. The second kappa shape index (κ2) is 5.61. The normalized spacial score (nSPS) is 23.5. The quantitative estimate of drug-likeness (QED) is 0.494. The summed E-state index contributed by atoms with van der Waals surface area (Å²) < 4.78 is 1.99. The van der Waals surface area contributed by atoms with Crippen molar-refractivity contribution in [3.8, 4) is 0 Å². The van der Waals surface area contributed by atoms with Crippen LogP contribution in [0.5, 0.6) is 0 Å². The molecular formula is C18H23N3O3. The van der Waals surface area contributed by atoms with Crippen LogP contribution in [0.4, 0.5) is 4.79 Å². The summed E-state index contributed by atoms with van der Waals surface area (Å²) in [6.45, 7) is 9.67. The molecule has 1 aromatic heterocycles. The summed E-state index contributed by atoms with van der Waals surface area (Å²) in [6.07, 6.45) is 3.65. The predicted octanol–water partition coefficient (Wildman–Crippen LogP) is 2.19. The minimum absolute atomic E-state index is 0.187. The number of carbonyl (C=O) groups excluding carboxylic acids is 3. The number of hydrogen-bond donors (Lipinski definition) is 1. The third-order valence-corrected chi connectivity index (χ3v) is 5.18. The van der Waals surface area contributed by atoms with Crippen LogP contribution < -0.4 is 5.32 Å². The second-order valence-corrected chi connectivity index (χ2v) is 6.91. The predicted molar refractivity (Wildman–Crippen MR) is 89.8 cm³/mol. The first-order chi connectivity index (χ1) is 11.3. The number of aromatic nitrogens is 1. The number of aryl methyl sites for hydroxylation is 1. The molecule has 3 amide bonds. The SMILES string of the molecule is C=CCn1c(C)cc(C(=O)CN2C(=O)N[C@@](C)(C3CC3)C2=O)c1C. The molecule has 24 heavy (non-hydrogen) atoms. The Bertz CT molecular complexity index is 745. The lowest BCUT2D eigenvalue weighted by Crippen LogP contribution is -2.46. The molecule has 128 valence electrons. The van der Waals surface area contributed by atoms with Gasteiger partial charge < -0.3 is 9.88 Å². The van der Waals surface area contributed by atoms with Gasteiger partial charge in [0.15, 0.2) is 5.78 Å². The van der Waals surface area contributed by atoms with E-state index >= 15 is 0 Å².